The van der Waals surface area contributed by atoms with Gasteiger partial charge in [-0.15, -0.1) is 0 Å². The molecule has 102 valence electrons. The van der Waals surface area contributed by atoms with E-state index in [1.54, 1.807) is 0 Å². The van der Waals surface area contributed by atoms with E-state index in [-0.39, 0.29) is 12.1 Å². The standard InChI is InChI=1S/C13H22N2O3/c1-10(2)7-14-13(8-17-9-13)6-11-5-12(3-4-16)18-15-11/h5,10,14,16H,3-4,6-9H2,1-2H3. The fraction of sp³-hybridized carbons (Fsp3) is 0.769. The normalized spacial score (nSPS) is 18.0. The van der Waals surface area contributed by atoms with Gasteiger partial charge in [-0.05, 0) is 12.5 Å². The molecule has 2 heterocycles. The van der Waals surface area contributed by atoms with Crippen molar-refractivity contribution < 1.29 is 14.4 Å². The number of hydrogen-bond donors (Lipinski definition) is 2. The highest BCUT2D eigenvalue weighted by Gasteiger charge is 2.39. The number of aromatic nitrogens is 1. The van der Waals surface area contributed by atoms with Gasteiger partial charge in [-0.3, -0.25) is 0 Å². The van der Waals surface area contributed by atoms with Crippen molar-refractivity contribution in [3.63, 3.8) is 0 Å². The Kier molecular flexibility index (Phi) is 4.37. The van der Waals surface area contributed by atoms with Crippen LogP contribution in [0, 0.1) is 5.92 Å². The lowest BCUT2D eigenvalue weighted by atomic mass is 9.90. The van der Waals surface area contributed by atoms with E-state index in [1.165, 1.54) is 0 Å². The second kappa shape index (κ2) is 5.82. The third-order valence-corrected chi connectivity index (χ3v) is 3.13. The summed E-state index contributed by atoms with van der Waals surface area (Å²) in [6.45, 7) is 6.90. The van der Waals surface area contributed by atoms with Crippen molar-refractivity contribution in [1.82, 2.24) is 10.5 Å². The molecule has 0 atom stereocenters. The van der Waals surface area contributed by atoms with Gasteiger partial charge in [0.25, 0.3) is 0 Å². The Morgan fingerprint density at radius 3 is 2.83 bits per heavy atom. The second-order valence-corrected chi connectivity index (χ2v) is 5.48. The average Bonchev–Trinajstić information content (AvgIpc) is 2.70. The van der Waals surface area contributed by atoms with Gasteiger partial charge in [-0.1, -0.05) is 19.0 Å². The highest BCUT2D eigenvalue weighted by Crippen LogP contribution is 2.22. The smallest absolute Gasteiger partial charge is 0.139 e. The summed E-state index contributed by atoms with van der Waals surface area (Å²) in [6.07, 6.45) is 1.34. The van der Waals surface area contributed by atoms with Crippen LogP contribution < -0.4 is 5.32 Å². The zero-order valence-corrected chi connectivity index (χ0v) is 11.1. The number of ether oxygens (including phenoxy) is 1. The van der Waals surface area contributed by atoms with Crippen LogP contribution in [0.15, 0.2) is 10.6 Å². The summed E-state index contributed by atoms with van der Waals surface area (Å²) in [4.78, 5) is 0. The van der Waals surface area contributed by atoms with Crippen LogP contribution >= 0.6 is 0 Å². The lowest BCUT2D eigenvalue weighted by Gasteiger charge is -2.42. The molecule has 0 aromatic carbocycles. The highest BCUT2D eigenvalue weighted by atomic mass is 16.5. The minimum absolute atomic E-state index is 0.0115. The molecule has 0 aliphatic carbocycles. The molecule has 0 bridgehead atoms. The minimum atomic E-state index is 0.0115. The first kappa shape index (κ1) is 13.5. The van der Waals surface area contributed by atoms with Crippen molar-refractivity contribution in [2.45, 2.75) is 32.2 Å². The Labute approximate surface area is 107 Å². The van der Waals surface area contributed by atoms with E-state index in [9.17, 15) is 0 Å². The molecule has 0 spiro atoms. The van der Waals surface area contributed by atoms with Gasteiger partial charge in [0.1, 0.15) is 5.76 Å². The van der Waals surface area contributed by atoms with Crippen LogP contribution in [0.25, 0.3) is 0 Å². The quantitative estimate of drug-likeness (QED) is 0.752. The molecule has 2 N–H and O–H groups in total. The van der Waals surface area contributed by atoms with Gasteiger partial charge in [-0.2, -0.15) is 0 Å². The number of hydrogen-bond acceptors (Lipinski definition) is 5. The Hall–Kier alpha value is -0.910. The molecule has 1 aliphatic rings. The van der Waals surface area contributed by atoms with Crippen molar-refractivity contribution >= 4 is 0 Å². The topological polar surface area (TPSA) is 67.5 Å². The first-order chi connectivity index (χ1) is 8.63. The molecule has 18 heavy (non-hydrogen) atoms. The van der Waals surface area contributed by atoms with Crippen molar-refractivity contribution in [2.24, 2.45) is 5.92 Å². The number of rotatable bonds is 7. The maximum Gasteiger partial charge on any atom is 0.139 e. The van der Waals surface area contributed by atoms with E-state index in [0.29, 0.717) is 12.3 Å². The summed E-state index contributed by atoms with van der Waals surface area (Å²) in [6, 6.07) is 1.92. The summed E-state index contributed by atoms with van der Waals surface area (Å²) in [5.41, 5.74) is 0.940. The molecule has 1 aliphatic heterocycles. The van der Waals surface area contributed by atoms with E-state index >= 15 is 0 Å². The monoisotopic (exact) mass is 254 g/mol. The van der Waals surface area contributed by atoms with Gasteiger partial charge in [0.15, 0.2) is 0 Å². The molecular formula is C13H22N2O3. The molecule has 1 aromatic rings. The minimum Gasteiger partial charge on any atom is -0.396 e. The second-order valence-electron chi connectivity index (χ2n) is 5.48. The molecule has 1 saturated heterocycles. The van der Waals surface area contributed by atoms with Crippen LogP contribution in [0.3, 0.4) is 0 Å². The van der Waals surface area contributed by atoms with Crippen LogP contribution in [0.5, 0.6) is 0 Å². The molecule has 0 radical (unpaired) electrons. The Bertz CT molecular complexity index is 372. The first-order valence-electron chi connectivity index (χ1n) is 6.52. The molecule has 0 amide bonds. The van der Waals surface area contributed by atoms with Gasteiger partial charge in [0.05, 0.1) is 31.1 Å². The summed E-state index contributed by atoms with van der Waals surface area (Å²) < 4.78 is 10.5. The molecular weight excluding hydrogens is 232 g/mol. The van der Waals surface area contributed by atoms with E-state index in [2.05, 4.69) is 24.3 Å². The largest absolute Gasteiger partial charge is 0.396 e. The van der Waals surface area contributed by atoms with E-state index < -0.39 is 0 Å². The number of nitrogens with one attached hydrogen (secondary N) is 1. The molecule has 2 rings (SSSR count). The third kappa shape index (κ3) is 3.31. The number of aliphatic hydroxyl groups excluding tert-OH is 1. The maximum atomic E-state index is 8.84. The van der Waals surface area contributed by atoms with Crippen LogP contribution in [0.4, 0.5) is 0 Å². The molecule has 1 aromatic heterocycles. The predicted octanol–water partition coefficient (Wildman–Crippen LogP) is 0.766. The molecule has 0 saturated carbocycles. The van der Waals surface area contributed by atoms with Gasteiger partial charge < -0.3 is 19.7 Å². The SMILES string of the molecule is CC(C)CNC1(Cc2cc(CCO)on2)COC1. The van der Waals surface area contributed by atoms with Crippen molar-refractivity contribution in [3.05, 3.63) is 17.5 Å². The van der Waals surface area contributed by atoms with Crippen LogP contribution in [0.1, 0.15) is 25.3 Å². The van der Waals surface area contributed by atoms with Gasteiger partial charge in [-0.25, -0.2) is 0 Å². The predicted molar refractivity (Wildman–Crippen MR) is 67.4 cm³/mol. The van der Waals surface area contributed by atoms with E-state index in [4.69, 9.17) is 14.4 Å². The number of aliphatic hydroxyl groups is 1. The Morgan fingerprint density at radius 2 is 2.28 bits per heavy atom. The number of nitrogens with zero attached hydrogens (tertiary/aromatic N) is 1. The van der Waals surface area contributed by atoms with Crippen LogP contribution in [-0.4, -0.2) is 42.2 Å². The summed E-state index contributed by atoms with van der Waals surface area (Å²) in [5, 5.41) is 16.5. The summed E-state index contributed by atoms with van der Waals surface area (Å²) in [5.74, 6) is 1.36. The zero-order valence-electron chi connectivity index (χ0n) is 11.1. The summed E-state index contributed by atoms with van der Waals surface area (Å²) in [7, 11) is 0. The van der Waals surface area contributed by atoms with Gasteiger partial charge >= 0.3 is 0 Å². The fourth-order valence-corrected chi connectivity index (χ4v) is 2.05. The lowest BCUT2D eigenvalue weighted by molar-refractivity contribution is -0.0755. The van der Waals surface area contributed by atoms with E-state index in [0.717, 1.165) is 37.6 Å². The average molecular weight is 254 g/mol. The van der Waals surface area contributed by atoms with E-state index in [1.807, 2.05) is 6.07 Å². The molecule has 5 heteroatoms. The van der Waals surface area contributed by atoms with Crippen LogP contribution in [-0.2, 0) is 17.6 Å². The Morgan fingerprint density at radius 1 is 1.50 bits per heavy atom. The van der Waals surface area contributed by atoms with Crippen molar-refractivity contribution in [2.75, 3.05) is 26.4 Å². The van der Waals surface area contributed by atoms with Gasteiger partial charge in [0, 0.05) is 18.9 Å². The molecule has 0 unspecified atom stereocenters. The highest BCUT2D eigenvalue weighted by molar-refractivity contribution is 5.12. The first-order valence-corrected chi connectivity index (χ1v) is 6.52. The van der Waals surface area contributed by atoms with Crippen LogP contribution in [0.2, 0.25) is 0 Å². The lowest BCUT2D eigenvalue weighted by Crippen LogP contribution is -2.62. The Balaban J connectivity index is 1.92. The zero-order chi connectivity index (χ0) is 13.0. The van der Waals surface area contributed by atoms with Gasteiger partial charge in [0.2, 0.25) is 0 Å². The van der Waals surface area contributed by atoms with Crippen molar-refractivity contribution in [3.8, 4) is 0 Å². The van der Waals surface area contributed by atoms with Crippen molar-refractivity contribution in [1.29, 1.82) is 0 Å². The molecule has 1 fully saturated rings. The fourth-order valence-electron chi connectivity index (χ4n) is 2.05. The third-order valence-electron chi connectivity index (χ3n) is 3.13. The maximum absolute atomic E-state index is 8.84. The summed E-state index contributed by atoms with van der Waals surface area (Å²) >= 11 is 0. The molecule has 5 nitrogen and oxygen atoms in total.